The number of nitrogens with zero attached hydrogens (tertiary/aromatic N) is 1. The monoisotopic (exact) mass is 505 g/mol. The van der Waals surface area contributed by atoms with E-state index in [4.69, 9.17) is 11.2 Å². The summed E-state index contributed by atoms with van der Waals surface area (Å²) in [5.74, 6) is -1.01. The predicted octanol–water partition coefficient (Wildman–Crippen LogP) is 4.81. The molecule has 0 radical (unpaired) electrons. The van der Waals surface area contributed by atoms with Gasteiger partial charge in [0.1, 0.15) is 17.7 Å². The van der Waals surface area contributed by atoms with Crippen LogP contribution in [0.15, 0.2) is 48.5 Å². The van der Waals surface area contributed by atoms with Gasteiger partial charge in [0.15, 0.2) is 0 Å². The van der Waals surface area contributed by atoms with Crippen LogP contribution in [-0.2, 0) is 20.7 Å². The standard InChI is InChI=1S/C30H39N3O4/c1-10-33(25(26(34)32-29(4,5)6)23-17-16-20(2)18-21(23)3)27(35)24(19-22-14-12-11-13-15-22)31-28(36)37-30(7,8)9/h1,11-18,24-25H,19H2,2-9H3,(H,31,36)(H,32,34). The lowest BCUT2D eigenvalue weighted by Gasteiger charge is -2.33. The van der Waals surface area contributed by atoms with Gasteiger partial charge in [-0.25, -0.2) is 4.79 Å². The van der Waals surface area contributed by atoms with Crippen LogP contribution < -0.4 is 10.6 Å². The minimum atomic E-state index is -1.10. The Bertz CT molecular complexity index is 1150. The molecule has 7 nitrogen and oxygen atoms in total. The van der Waals surface area contributed by atoms with Crippen LogP contribution in [0.25, 0.3) is 0 Å². The van der Waals surface area contributed by atoms with E-state index < -0.39 is 41.1 Å². The Labute approximate surface area is 221 Å². The van der Waals surface area contributed by atoms with Gasteiger partial charge in [-0.1, -0.05) is 60.5 Å². The van der Waals surface area contributed by atoms with Crippen molar-refractivity contribution in [1.82, 2.24) is 15.5 Å². The number of hydrogen-bond donors (Lipinski definition) is 2. The number of benzene rings is 2. The number of carbonyl (C=O) groups is 3. The topological polar surface area (TPSA) is 87.7 Å². The average molecular weight is 506 g/mol. The molecule has 0 bridgehead atoms. The number of hydrogen-bond acceptors (Lipinski definition) is 4. The van der Waals surface area contributed by atoms with Crippen LogP contribution in [0.5, 0.6) is 0 Å². The molecule has 0 saturated carbocycles. The minimum absolute atomic E-state index is 0.164. The molecule has 0 fully saturated rings. The molecule has 198 valence electrons. The Hall–Kier alpha value is -3.79. The molecule has 0 aliphatic heterocycles. The van der Waals surface area contributed by atoms with Crippen molar-refractivity contribution in [2.24, 2.45) is 0 Å². The lowest BCUT2D eigenvalue weighted by atomic mass is 9.95. The largest absolute Gasteiger partial charge is 0.444 e. The molecule has 2 aromatic carbocycles. The summed E-state index contributed by atoms with van der Waals surface area (Å²) < 4.78 is 5.41. The summed E-state index contributed by atoms with van der Waals surface area (Å²) in [7, 11) is 0. The van der Waals surface area contributed by atoms with E-state index in [9.17, 15) is 14.4 Å². The number of terminal acetylenes is 1. The number of aryl methyl sites for hydroxylation is 2. The van der Waals surface area contributed by atoms with Gasteiger partial charge in [-0.3, -0.25) is 14.5 Å². The molecule has 0 aromatic heterocycles. The zero-order valence-corrected chi connectivity index (χ0v) is 23.1. The van der Waals surface area contributed by atoms with Crippen molar-refractivity contribution >= 4 is 17.9 Å². The maximum atomic E-state index is 14.0. The fraction of sp³-hybridized carbons (Fsp3) is 0.433. The number of nitrogens with one attached hydrogen (secondary N) is 2. The van der Waals surface area contributed by atoms with Gasteiger partial charge in [0.2, 0.25) is 5.91 Å². The number of carbonyl (C=O) groups excluding carboxylic acids is 3. The van der Waals surface area contributed by atoms with Crippen molar-refractivity contribution < 1.29 is 19.1 Å². The normalized spacial score (nSPS) is 13.1. The van der Waals surface area contributed by atoms with E-state index >= 15 is 0 Å². The van der Waals surface area contributed by atoms with Crippen LogP contribution in [0.4, 0.5) is 4.79 Å². The second kappa shape index (κ2) is 12.0. The van der Waals surface area contributed by atoms with Crippen LogP contribution in [0.3, 0.4) is 0 Å². The molecule has 2 aromatic rings. The van der Waals surface area contributed by atoms with Crippen LogP contribution in [0, 0.1) is 26.3 Å². The quantitative estimate of drug-likeness (QED) is 0.417. The zero-order chi connectivity index (χ0) is 28.0. The number of alkyl carbamates (subject to hydrolysis) is 1. The summed E-state index contributed by atoms with van der Waals surface area (Å²) >= 11 is 0. The number of ether oxygens (including phenoxy) is 1. The smallest absolute Gasteiger partial charge is 0.408 e. The summed E-state index contributed by atoms with van der Waals surface area (Å²) in [4.78, 5) is 41.3. The number of rotatable bonds is 7. The van der Waals surface area contributed by atoms with Crippen LogP contribution in [0.2, 0.25) is 0 Å². The van der Waals surface area contributed by atoms with E-state index in [0.717, 1.165) is 21.6 Å². The van der Waals surface area contributed by atoms with Crippen molar-refractivity contribution in [2.75, 3.05) is 0 Å². The van der Waals surface area contributed by atoms with Gasteiger partial charge in [-0.2, -0.15) is 0 Å². The first kappa shape index (κ1) is 29.4. The van der Waals surface area contributed by atoms with Crippen LogP contribution >= 0.6 is 0 Å². The van der Waals surface area contributed by atoms with Gasteiger partial charge in [-0.15, -0.1) is 0 Å². The molecule has 3 amide bonds. The van der Waals surface area contributed by atoms with Crippen LogP contribution in [-0.4, -0.2) is 40.0 Å². The number of amides is 3. The molecule has 37 heavy (non-hydrogen) atoms. The third kappa shape index (κ3) is 8.98. The highest BCUT2D eigenvalue weighted by molar-refractivity contribution is 5.93. The van der Waals surface area contributed by atoms with Crippen molar-refractivity contribution in [3.8, 4) is 12.5 Å². The summed E-state index contributed by atoms with van der Waals surface area (Å²) in [6.45, 7) is 14.6. The molecule has 0 spiro atoms. The summed E-state index contributed by atoms with van der Waals surface area (Å²) in [5.41, 5.74) is 1.94. The van der Waals surface area contributed by atoms with Crippen molar-refractivity contribution in [3.63, 3.8) is 0 Å². The molecule has 2 unspecified atom stereocenters. The van der Waals surface area contributed by atoms with E-state index in [1.54, 1.807) is 20.8 Å². The average Bonchev–Trinajstić information content (AvgIpc) is 2.75. The molecule has 2 N–H and O–H groups in total. The molecule has 7 heteroatoms. The van der Waals surface area contributed by atoms with Gasteiger partial charge >= 0.3 is 6.09 Å². The Kier molecular flexibility index (Phi) is 9.52. The highest BCUT2D eigenvalue weighted by Crippen LogP contribution is 2.27. The Morgan fingerprint density at radius 3 is 2.14 bits per heavy atom. The van der Waals surface area contributed by atoms with Crippen molar-refractivity contribution in [3.05, 3.63) is 70.8 Å². The highest BCUT2D eigenvalue weighted by atomic mass is 16.6. The lowest BCUT2D eigenvalue weighted by Crippen LogP contribution is -2.54. The fourth-order valence-electron chi connectivity index (χ4n) is 3.90. The van der Waals surface area contributed by atoms with Gasteiger partial charge in [0.25, 0.3) is 5.91 Å². The molecule has 2 atom stereocenters. The first-order chi connectivity index (χ1) is 17.1. The SMILES string of the molecule is C#CN(C(=O)C(Cc1ccccc1)NC(=O)OC(C)(C)C)C(C(=O)NC(C)(C)C)c1ccc(C)cc1C. The Morgan fingerprint density at radius 1 is 1.00 bits per heavy atom. The lowest BCUT2D eigenvalue weighted by molar-refractivity contribution is -0.139. The third-order valence-corrected chi connectivity index (χ3v) is 5.37. The molecule has 2 rings (SSSR count). The van der Waals surface area contributed by atoms with Crippen molar-refractivity contribution in [2.45, 2.75) is 85.0 Å². The van der Waals surface area contributed by atoms with Gasteiger partial charge < -0.3 is 15.4 Å². The first-order valence-electron chi connectivity index (χ1n) is 12.3. The zero-order valence-electron chi connectivity index (χ0n) is 23.1. The van der Waals surface area contributed by atoms with Gasteiger partial charge in [0, 0.05) is 18.0 Å². The van der Waals surface area contributed by atoms with Gasteiger partial charge in [0.05, 0.1) is 0 Å². The second-order valence-electron chi connectivity index (χ2n) is 11.2. The Morgan fingerprint density at radius 2 is 1.62 bits per heavy atom. The molecule has 0 saturated heterocycles. The summed E-state index contributed by atoms with van der Waals surface area (Å²) in [6, 6.07) is 15.1. The maximum Gasteiger partial charge on any atom is 0.408 e. The van der Waals surface area contributed by atoms with E-state index in [-0.39, 0.29) is 6.42 Å². The summed E-state index contributed by atoms with van der Waals surface area (Å²) in [5, 5.41) is 5.62. The van der Waals surface area contributed by atoms with Crippen LogP contribution in [0.1, 0.15) is 69.8 Å². The van der Waals surface area contributed by atoms with E-state index in [1.165, 1.54) is 0 Å². The van der Waals surface area contributed by atoms with Gasteiger partial charge in [-0.05, 0) is 72.1 Å². The molecule has 0 heterocycles. The second-order valence-corrected chi connectivity index (χ2v) is 11.2. The van der Waals surface area contributed by atoms with E-state index in [1.807, 2.05) is 83.1 Å². The fourth-order valence-corrected chi connectivity index (χ4v) is 3.90. The molecule has 0 aliphatic rings. The summed E-state index contributed by atoms with van der Waals surface area (Å²) in [6.07, 6.45) is 5.30. The molecular formula is C30H39N3O4. The Balaban J connectivity index is 2.54. The van der Waals surface area contributed by atoms with E-state index in [0.29, 0.717) is 5.56 Å². The highest BCUT2D eigenvalue weighted by Gasteiger charge is 2.37. The van der Waals surface area contributed by atoms with E-state index in [2.05, 4.69) is 16.7 Å². The molecular weight excluding hydrogens is 466 g/mol. The maximum absolute atomic E-state index is 14.0. The molecule has 0 aliphatic carbocycles. The minimum Gasteiger partial charge on any atom is -0.444 e. The predicted molar refractivity (Wildman–Crippen MR) is 146 cm³/mol. The third-order valence-electron chi connectivity index (χ3n) is 5.37. The first-order valence-corrected chi connectivity index (χ1v) is 12.3. The van der Waals surface area contributed by atoms with Crippen molar-refractivity contribution in [1.29, 1.82) is 0 Å².